The maximum absolute atomic E-state index is 12.6. The predicted molar refractivity (Wildman–Crippen MR) is 83.4 cm³/mol. The van der Waals surface area contributed by atoms with E-state index in [2.05, 4.69) is 20.9 Å². The van der Waals surface area contributed by atoms with Crippen LogP contribution in [0.1, 0.15) is 21.6 Å². The van der Waals surface area contributed by atoms with Crippen LogP contribution in [0.15, 0.2) is 41.0 Å². The van der Waals surface area contributed by atoms with Gasteiger partial charge in [-0.15, -0.1) is 0 Å². The van der Waals surface area contributed by atoms with Crippen molar-refractivity contribution in [2.24, 2.45) is 0 Å². The molecule has 21 heavy (non-hydrogen) atoms. The normalized spacial score (nSPS) is 13.7. The Hall–Kier alpha value is -1.88. The van der Waals surface area contributed by atoms with Crippen LogP contribution in [0.3, 0.4) is 0 Å². The first-order valence-corrected chi connectivity index (χ1v) is 7.54. The lowest BCUT2D eigenvalue weighted by molar-refractivity contribution is 0.0733. The molecule has 0 fully saturated rings. The summed E-state index contributed by atoms with van der Waals surface area (Å²) in [5, 5.41) is 0. The first-order chi connectivity index (χ1) is 10.2. The van der Waals surface area contributed by atoms with Crippen LogP contribution < -0.4 is 4.74 Å². The molecule has 1 aromatic carbocycles. The monoisotopic (exact) mass is 346 g/mol. The summed E-state index contributed by atoms with van der Waals surface area (Å²) in [6, 6.07) is 9.35. The molecule has 0 unspecified atom stereocenters. The number of carbonyl (C=O) groups excluding carboxylic acids is 1. The number of nitrogens with zero attached hydrogens (tertiary/aromatic N) is 2. The Kier molecular flexibility index (Phi) is 3.92. The minimum atomic E-state index is 0.0351. The summed E-state index contributed by atoms with van der Waals surface area (Å²) >= 11 is 3.42. The van der Waals surface area contributed by atoms with Gasteiger partial charge >= 0.3 is 0 Å². The predicted octanol–water partition coefficient (Wildman–Crippen LogP) is 3.05. The molecule has 0 atom stereocenters. The molecule has 0 N–H and O–H groups in total. The van der Waals surface area contributed by atoms with Crippen molar-refractivity contribution in [3.8, 4) is 5.75 Å². The highest BCUT2D eigenvalue weighted by Crippen LogP contribution is 2.27. The molecule has 1 amide bonds. The van der Waals surface area contributed by atoms with E-state index in [9.17, 15) is 4.79 Å². The Morgan fingerprint density at radius 1 is 1.38 bits per heavy atom. The number of halogens is 1. The second-order valence-electron chi connectivity index (χ2n) is 4.94. The molecule has 2 heterocycles. The molecule has 0 radical (unpaired) electrons. The van der Waals surface area contributed by atoms with Gasteiger partial charge in [-0.05, 0) is 45.8 Å². The van der Waals surface area contributed by atoms with E-state index in [4.69, 9.17) is 4.74 Å². The zero-order valence-electron chi connectivity index (χ0n) is 11.7. The molecule has 1 aliphatic heterocycles. The number of amides is 1. The summed E-state index contributed by atoms with van der Waals surface area (Å²) in [5.41, 5.74) is 2.89. The number of aromatic nitrogens is 1. The van der Waals surface area contributed by atoms with Gasteiger partial charge in [-0.25, -0.2) is 0 Å². The largest absolute Gasteiger partial charge is 0.496 e. The average molecular weight is 347 g/mol. The molecule has 3 rings (SSSR count). The van der Waals surface area contributed by atoms with Gasteiger partial charge in [0.1, 0.15) is 5.75 Å². The second kappa shape index (κ2) is 5.85. The number of pyridine rings is 1. The third kappa shape index (κ3) is 2.78. The van der Waals surface area contributed by atoms with Crippen molar-refractivity contribution < 1.29 is 9.53 Å². The zero-order valence-corrected chi connectivity index (χ0v) is 13.3. The Morgan fingerprint density at radius 3 is 3.00 bits per heavy atom. The lowest BCUT2D eigenvalue weighted by Gasteiger charge is -2.28. The SMILES string of the molecule is COc1ccc(C(=O)N2CCc3ncccc3C2)cc1Br. The molecule has 0 aliphatic carbocycles. The average Bonchev–Trinajstić information content (AvgIpc) is 2.53. The number of methoxy groups -OCH3 is 1. The number of ether oxygens (including phenoxy) is 1. The van der Waals surface area contributed by atoms with E-state index in [1.165, 1.54) is 0 Å². The molecule has 2 aromatic rings. The number of rotatable bonds is 2. The van der Waals surface area contributed by atoms with Gasteiger partial charge in [0.15, 0.2) is 0 Å². The minimum Gasteiger partial charge on any atom is -0.496 e. The van der Waals surface area contributed by atoms with Gasteiger partial charge in [-0.1, -0.05) is 6.07 Å². The molecule has 0 saturated carbocycles. The standard InChI is InChI=1S/C16H15BrN2O2/c1-21-15-5-4-11(9-13(15)17)16(20)19-8-6-14-12(10-19)3-2-7-18-14/h2-5,7,9H,6,8,10H2,1H3. The van der Waals surface area contributed by atoms with Crippen LogP contribution in [-0.2, 0) is 13.0 Å². The summed E-state index contributed by atoms with van der Waals surface area (Å²) in [4.78, 5) is 18.8. The van der Waals surface area contributed by atoms with Crippen LogP contribution in [0.2, 0.25) is 0 Å². The highest BCUT2D eigenvalue weighted by atomic mass is 79.9. The van der Waals surface area contributed by atoms with Crippen LogP contribution in [0.25, 0.3) is 0 Å². The van der Waals surface area contributed by atoms with E-state index >= 15 is 0 Å². The van der Waals surface area contributed by atoms with Gasteiger partial charge < -0.3 is 9.64 Å². The molecule has 0 spiro atoms. The van der Waals surface area contributed by atoms with E-state index < -0.39 is 0 Å². The minimum absolute atomic E-state index is 0.0351. The lowest BCUT2D eigenvalue weighted by atomic mass is 10.0. The molecule has 0 bridgehead atoms. The highest BCUT2D eigenvalue weighted by molar-refractivity contribution is 9.10. The molecular weight excluding hydrogens is 332 g/mol. The lowest BCUT2D eigenvalue weighted by Crippen LogP contribution is -2.36. The second-order valence-corrected chi connectivity index (χ2v) is 5.79. The molecule has 1 aliphatic rings. The van der Waals surface area contributed by atoms with Gasteiger partial charge in [0.2, 0.25) is 0 Å². The highest BCUT2D eigenvalue weighted by Gasteiger charge is 2.22. The zero-order chi connectivity index (χ0) is 14.8. The van der Waals surface area contributed by atoms with E-state index in [1.54, 1.807) is 31.5 Å². The van der Waals surface area contributed by atoms with Gasteiger partial charge in [0, 0.05) is 37.0 Å². The molecular formula is C16H15BrN2O2. The van der Waals surface area contributed by atoms with Crippen LogP contribution in [0.5, 0.6) is 5.75 Å². The van der Waals surface area contributed by atoms with Gasteiger partial charge in [0.05, 0.1) is 11.6 Å². The van der Waals surface area contributed by atoms with Crippen molar-refractivity contribution in [1.82, 2.24) is 9.88 Å². The topological polar surface area (TPSA) is 42.4 Å². The van der Waals surface area contributed by atoms with Gasteiger partial charge in [-0.2, -0.15) is 0 Å². The van der Waals surface area contributed by atoms with Crippen molar-refractivity contribution in [3.05, 3.63) is 57.8 Å². The molecule has 108 valence electrons. The molecule has 1 aromatic heterocycles. The summed E-state index contributed by atoms with van der Waals surface area (Å²) in [6.45, 7) is 1.32. The molecule has 5 heteroatoms. The van der Waals surface area contributed by atoms with Gasteiger partial charge in [0.25, 0.3) is 5.91 Å². The van der Waals surface area contributed by atoms with Crippen LogP contribution in [0, 0.1) is 0 Å². The Labute approximate surface area is 131 Å². The smallest absolute Gasteiger partial charge is 0.254 e. The third-order valence-electron chi connectivity index (χ3n) is 3.65. The van der Waals surface area contributed by atoms with Crippen LogP contribution in [-0.4, -0.2) is 29.4 Å². The van der Waals surface area contributed by atoms with E-state index in [1.807, 2.05) is 17.0 Å². The van der Waals surface area contributed by atoms with Crippen molar-refractivity contribution in [3.63, 3.8) is 0 Å². The quantitative estimate of drug-likeness (QED) is 0.839. The van der Waals surface area contributed by atoms with E-state index in [-0.39, 0.29) is 5.91 Å². The van der Waals surface area contributed by atoms with Gasteiger partial charge in [-0.3, -0.25) is 9.78 Å². The number of benzene rings is 1. The summed E-state index contributed by atoms with van der Waals surface area (Å²) in [6.07, 6.45) is 2.61. The number of hydrogen-bond acceptors (Lipinski definition) is 3. The van der Waals surface area contributed by atoms with Crippen molar-refractivity contribution in [2.45, 2.75) is 13.0 Å². The summed E-state index contributed by atoms with van der Waals surface area (Å²) in [5.74, 6) is 0.757. The summed E-state index contributed by atoms with van der Waals surface area (Å²) in [7, 11) is 1.61. The third-order valence-corrected chi connectivity index (χ3v) is 4.27. The first kappa shape index (κ1) is 14.1. The van der Waals surface area contributed by atoms with Crippen LogP contribution >= 0.6 is 15.9 Å². The van der Waals surface area contributed by atoms with Crippen molar-refractivity contribution in [1.29, 1.82) is 0 Å². The number of fused-ring (bicyclic) bond motifs is 1. The first-order valence-electron chi connectivity index (χ1n) is 6.74. The van der Waals surface area contributed by atoms with Crippen molar-refractivity contribution in [2.75, 3.05) is 13.7 Å². The summed E-state index contributed by atoms with van der Waals surface area (Å²) < 4.78 is 5.98. The molecule has 0 saturated heterocycles. The fourth-order valence-corrected chi connectivity index (χ4v) is 3.06. The fraction of sp³-hybridized carbons (Fsp3) is 0.250. The maximum atomic E-state index is 12.6. The van der Waals surface area contributed by atoms with E-state index in [0.29, 0.717) is 18.7 Å². The maximum Gasteiger partial charge on any atom is 0.254 e. The number of carbonyl (C=O) groups is 1. The Bertz CT molecular complexity index is 688. The van der Waals surface area contributed by atoms with Crippen LogP contribution in [0.4, 0.5) is 0 Å². The Balaban J connectivity index is 1.82. The fourth-order valence-electron chi connectivity index (χ4n) is 2.52. The Morgan fingerprint density at radius 2 is 2.24 bits per heavy atom. The van der Waals surface area contributed by atoms with Crippen molar-refractivity contribution >= 4 is 21.8 Å². The number of hydrogen-bond donors (Lipinski definition) is 0. The van der Waals surface area contributed by atoms with E-state index in [0.717, 1.165) is 27.9 Å². The molecule has 4 nitrogen and oxygen atoms in total.